The minimum absolute atomic E-state index is 0.200. The molecule has 2 aromatic rings. The Morgan fingerprint density at radius 2 is 2.11 bits per heavy atom. The van der Waals surface area contributed by atoms with E-state index in [1.54, 1.807) is 47.9 Å². The lowest BCUT2D eigenvalue weighted by Crippen LogP contribution is -2.24. The van der Waals surface area contributed by atoms with Crippen molar-refractivity contribution in [2.24, 2.45) is 19.8 Å². The number of sulfonamides is 1. The molecule has 0 radical (unpaired) electrons. The number of nitrogens with two attached hydrogens (primary N) is 1. The fraction of sp³-hybridized carbons (Fsp3) is 0.364. The molecule has 0 unspecified atom stereocenters. The average Bonchev–Trinajstić information content (AvgIpc) is 2.93. The van der Waals surface area contributed by atoms with Gasteiger partial charge in [0.1, 0.15) is 0 Å². The fourth-order valence-electron chi connectivity index (χ4n) is 1.75. The van der Waals surface area contributed by atoms with E-state index in [0.717, 1.165) is 11.4 Å². The first-order chi connectivity index (χ1) is 8.94. The van der Waals surface area contributed by atoms with Gasteiger partial charge in [0.15, 0.2) is 0 Å². The maximum absolute atomic E-state index is 12.1. The zero-order chi connectivity index (χ0) is 14.0. The Labute approximate surface area is 112 Å². The van der Waals surface area contributed by atoms with Crippen molar-refractivity contribution in [3.63, 3.8) is 0 Å². The van der Waals surface area contributed by atoms with Gasteiger partial charge in [-0.3, -0.25) is 4.68 Å². The molecule has 0 bridgehead atoms. The van der Waals surface area contributed by atoms with E-state index >= 15 is 0 Å². The van der Waals surface area contributed by atoms with E-state index in [2.05, 4.69) is 9.82 Å². The molecule has 0 saturated heterocycles. The van der Waals surface area contributed by atoms with Gasteiger partial charge >= 0.3 is 0 Å². The zero-order valence-corrected chi connectivity index (χ0v) is 11.7. The van der Waals surface area contributed by atoms with Crippen LogP contribution in [0.5, 0.6) is 0 Å². The van der Waals surface area contributed by atoms with Crippen LogP contribution in [0.25, 0.3) is 0 Å². The Kier molecular flexibility index (Phi) is 3.74. The van der Waals surface area contributed by atoms with Crippen LogP contribution in [0.15, 0.2) is 29.4 Å². The van der Waals surface area contributed by atoms with Gasteiger partial charge in [0.25, 0.3) is 0 Å². The van der Waals surface area contributed by atoms with E-state index in [1.807, 2.05) is 0 Å². The van der Waals surface area contributed by atoms with Gasteiger partial charge in [-0.2, -0.15) is 5.10 Å². The fourth-order valence-corrected chi connectivity index (χ4v) is 2.85. The zero-order valence-electron chi connectivity index (χ0n) is 10.9. The van der Waals surface area contributed by atoms with Crippen molar-refractivity contribution in [1.29, 1.82) is 0 Å². The predicted octanol–water partition coefficient (Wildman–Crippen LogP) is -0.304. The van der Waals surface area contributed by atoms with Crippen molar-refractivity contribution < 1.29 is 8.42 Å². The van der Waals surface area contributed by atoms with Gasteiger partial charge in [-0.05, 0) is 12.1 Å². The second-order valence-electron chi connectivity index (χ2n) is 4.25. The van der Waals surface area contributed by atoms with E-state index in [-0.39, 0.29) is 11.4 Å². The van der Waals surface area contributed by atoms with Crippen molar-refractivity contribution in [1.82, 2.24) is 19.1 Å². The first kappa shape index (κ1) is 13.8. The number of rotatable bonds is 5. The molecule has 0 aliphatic rings. The van der Waals surface area contributed by atoms with E-state index in [0.29, 0.717) is 6.54 Å². The SMILES string of the molecule is Cn1cc(S(=O)(=O)NCc2ccnn2C)cc1CN. The number of hydrogen-bond acceptors (Lipinski definition) is 4. The molecule has 0 fully saturated rings. The van der Waals surface area contributed by atoms with Gasteiger partial charge < -0.3 is 10.3 Å². The number of nitrogens with zero attached hydrogens (tertiary/aromatic N) is 3. The van der Waals surface area contributed by atoms with Crippen LogP contribution in [0, 0.1) is 0 Å². The molecule has 7 nitrogen and oxygen atoms in total. The minimum atomic E-state index is -3.53. The normalized spacial score (nSPS) is 11.9. The second kappa shape index (κ2) is 5.16. The first-order valence-electron chi connectivity index (χ1n) is 5.76. The Morgan fingerprint density at radius 1 is 1.37 bits per heavy atom. The number of aromatic nitrogens is 3. The highest BCUT2D eigenvalue weighted by molar-refractivity contribution is 7.89. The molecule has 19 heavy (non-hydrogen) atoms. The van der Waals surface area contributed by atoms with Gasteiger partial charge in [-0.1, -0.05) is 0 Å². The highest BCUT2D eigenvalue weighted by Gasteiger charge is 2.17. The number of hydrogen-bond donors (Lipinski definition) is 2. The van der Waals surface area contributed by atoms with Crippen LogP contribution in [0.1, 0.15) is 11.4 Å². The van der Waals surface area contributed by atoms with Gasteiger partial charge in [0.05, 0.1) is 17.1 Å². The summed E-state index contributed by atoms with van der Waals surface area (Å²) < 4.78 is 30.1. The first-order valence-corrected chi connectivity index (χ1v) is 7.24. The summed E-state index contributed by atoms with van der Waals surface area (Å²) in [5, 5.41) is 3.98. The molecule has 0 aliphatic heterocycles. The van der Waals surface area contributed by atoms with Crippen molar-refractivity contribution in [2.45, 2.75) is 18.0 Å². The van der Waals surface area contributed by atoms with Crippen LogP contribution in [0.4, 0.5) is 0 Å². The summed E-state index contributed by atoms with van der Waals surface area (Å²) in [5.41, 5.74) is 7.09. The van der Waals surface area contributed by atoms with Crippen LogP contribution < -0.4 is 10.5 Å². The number of aryl methyl sites for hydroxylation is 2. The van der Waals surface area contributed by atoms with Crippen molar-refractivity contribution >= 4 is 10.0 Å². The minimum Gasteiger partial charge on any atom is -0.352 e. The summed E-state index contributed by atoms with van der Waals surface area (Å²) in [6.07, 6.45) is 3.17. The van der Waals surface area contributed by atoms with Crippen LogP contribution in [-0.2, 0) is 37.2 Å². The molecule has 2 aromatic heterocycles. The maximum Gasteiger partial charge on any atom is 0.242 e. The Balaban J connectivity index is 2.16. The predicted molar refractivity (Wildman–Crippen MR) is 70.5 cm³/mol. The molecule has 0 spiro atoms. The van der Waals surface area contributed by atoms with E-state index in [4.69, 9.17) is 5.73 Å². The largest absolute Gasteiger partial charge is 0.352 e. The number of nitrogens with one attached hydrogen (secondary N) is 1. The topological polar surface area (TPSA) is 94.9 Å². The summed E-state index contributed by atoms with van der Waals surface area (Å²) in [7, 11) is -0.00361. The van der Waals surface area contributed by atoms with Crippen molar-refractivity contribution in [3.8, 4) is 0 Å². The summed E-state index contributed by atoms with van der Waals surface area (Å²) in [6.45, 7) is 0.499. The van der Waals surface area contributed by atoms with Crippen LogP contribution in [-0.4, -0.2) is 22.8 Å². The highest BCUT2D eigenvalue weighted by Crippen LogP contribution is 2.13. The van der Waals surface area contributed by atoms with Crippen LogP contribution in [0.3, 0.4) is 0 Å². The van der Waals surface area contributed by atoms with E-state index in [1.165, 1.54) is 0 Å². The molecule has 8 heteroatoms. The van der Waals surface area contributed by atoms with Gasteiger partial charge in [0, 0.05) is 38.7 Å². The van der Waals surface area contributed by atoms with Crippen molar-refractivity contribution in [2.75, 3.05) is 0 Å². The maximum atomic E-state index is 12.1. The lowest BCUT2D eigenvalue weighted by Gasteiger charge is -2.05. The molecule has 3 N–H and O–H groups in total. The van der Waals surface area contributed by atoms with Crippen molar-refractivity contribution in [3.05, 3.63) is 35.9 Å². The Hall–Kier alpha value is -1.64. The second-order valence-corrected chi connectivity index (χ2v) is 6.02. The molecule has 0 aromatic carbocycles. The lowest BCUT2D eigenvalue weighted by atomic mass is 10.4. The Bertz CT molecular complexity index is 671. The molecule has 2 rings (SSSR count). The van der Waals surface area contributed by atoms with E-state index in [9.17, 15) is 8.42 Å². The average molecular weight is 283 g/mol. The highest BCUT2D eigenvalue weighted by atomic mass is 32.2. The third kappa shape index (κ3) is 2.86. The van der Waals surface area contributed by atoms with Crippen LogP contribution >= 0.6 is 0 Å². The monoisotopic (exact) mass is 283 g/mol. The van der Waals surface area contributed by atoms with E-state index < -0.39 is 10.0 Å². The van der Waals surface area contributed by atoms with Crippen LogP contribution in [0.2, 0.25) is 0 Å². The third-order valence-electron chi connectivity index (χ3n) is 2.97. The Morgan fingerprint density at radius 3 is 2.63 bits per heavy atom. The molecule has 0 aliphatic carbocycles. The summed E-state index contributed by atoms with van der Waals surface area (Å²) >= 11 is 0. The standard InChI is InChI=1S/C11H17N5O2S/c1-15-8-11(5-10(15)6-12)19(17,18)14-7-9-3-4-13-16(9)2/h3-5,8,14H,6-7,12H2,1-2H3. The molecular formula is C11H17N5O2S. The smallest absolute Gasteiger partial charge is 0.242 e. The molecule has 104 valence electrons. The van der Waals surface area contributed by atoms with Gasteiger partial charge in [0.2, 0.25) is 10.0 Å². The molecular weight excluding hydrogens is 266 g/mol. The van der Waals surface area contributed by atoms with Gasteiger partial charge in [-0.25, -0.2) is 13.1 Å². The van der Waals surface area contributed by atoms with Gasteiger partial charge in [-0.15, -0.1) is 0 Å². The summed E-state index contributed by atoms with van der Waals surface area (Å²) in [5.74, 6) is 0. The molecule has 0 atom stereocenters. The molecule has 2 heterocycles. The third-order valence-corrected chi connectivity index (χ3v) is 4.34. The summed E-state index contributed by atoms with van der Waals surface area (Å²) in [6, 6.07) is 3.34. The molecule has 0 saturated carbocycles. The summed E-state index contributed by atoms with van der Waals surface area (Å²) in [4.78, 5) is 0.220. The lowest BCUT2D eigenvalue weighted by molar-refractivity contribution is 0.577. The molecule has 0 amide bonds. The quantitative estimate of drug-likeness (QED) is 0.787.